The molecule has 0 unspecified atom stereocenters. The molecule has 1 aromatic rings. The lowest BCUT2D eigenvalue weighted by Crippen LogP contribution is -2.28. The first-order valence-electron chi connectivity index (χ1n) is 6.77. The minimum Gasteiger partial charge on any atom is -0.370 e. The summed E-state index contributed by atoms with van der Waals surface area (Å²) < 4.78 is 0. The molecular weight excluding hydrogens is 210 g/mol. The molecule has 17 heavy (non-hydrogen) atoms. The van der Waals surface area contributed by atoms with E-state index >= 15 is 0 Å². The Labute approximate surface area is 104 Å². The van der Waals surface area contributed by atoms with Crippen LogP contribution in [0.3, 0.4) is 0 Å². The number of hydrogen-bond donors (Lipinski definition) is 1. The molecular formula is C14H23N3. The number of nitrogens with one attached hydrogen (secondary N) is 1. The van der Waals surface area contributed by atoms with Crippen LogP contribution in [0.25, 0.3) is 0 Å². The summed E-state index contributed by atoms with van der Waals surface area (Å²) in [4.78, 5) is 7.09. The van der Waals surface area contributed by atoms with E-state index in [0.29, 0.717) is 0 Å². The van der Waals surface area contributed by atoms with Gasteiger partial charge >= 0.3 is 0 Å². The van der Waals surface area contributed by atoms with E-state index in [1.165, 1.54) is 36.2 Å². The Balaban J connectivity index is 0.000000514. The molecule has 0 bridgehead atoms. The predicted molar refractivity (Wildman–Crippen MR) is 72.4 cm³/mol. The quantitative estimate of drug-likeness (QED) is 0.746. The Morgan fingerprint density at radius 1 is 1.24 bits per heavy atom. The third-order valence-corrected chi connectivity index (χ3v) is 3.37. The summed E-state index contributed by atoms with van der Waals surface area (Å²) in [6.07, 6.45) is 3.60. The molecule has 0 saturated carbocycles. The third-order valence-electron chi connectivity index (χ3n) is 3.37. The van der Waals surface area contributed by atoms with Gasteiger partial charge in [-0.3, -0.25) is 0 Å². The van der Waals surface area contributed by atoms with E-state index in [4.69, 9.17) is 4.98 Å². The van der Waals surface area contributed by atoms with E-state index in [-0.39, 0.29) is 0 Å². The number of anilines is 1. The van der Waals surface area contributed by atoms with Crippen molar-refractivity contribution in [2.45, 2.75) is 39.7 Å². The van der Waals surface area contributed by atoms with E-state index in [2.05, 4.69) is 23.3 Å². The molecule has 94 valence electrons. The highest BCUT2D eigenvalue weighted by Crippen LogP contribution is 2.25. The molecule has 2 aliphatic rings. The molecule has 1 N–H and O–H groups in total. The van der Waals surface area contributed by atoms with Crippen LogP contribution in [0.1, 0.15) is 37.1 Å². The van der Waals surface area contributed by atoms with Crippen LogP contribution in [0.5, 0.6) is 0 Å². The van der Waals surface area contributed by atoms with Crippen molar-refractivity contribution in [3.8, 4) is 0 Å². The lowest BCUT2D eigenvalue weighted by molar-refractivity contribution is 0.307. The number of likely N-dealkylation sites (N-methyl/N-ethyl adjacent to an activating group) is 1. The Hall–Kier alpha value is -1.09. The maximum Gasteiger partial charge on any atom is 0.129 e. The van der Waals surface area contributed by atoms with E-state index in [1.54, 1.807) is 0 Å². The van der Waals surface area contributed by atoms with Gasteiger partial charge < -0.3 is 10.2 Å². The van der Waals surface area contributed by atoms with Crippen molar-refractivity contribution in [2.24, 2.45) is 0 Å². The summed E-state index contributed by atoms with van der Waals surface area (Å²) in [6.45, 7) is 7.25. The minimum atomic E-state index is 1.00. The lowest BCUT2D eigenvalue weighted by Gasteiger charge is -2.27. The second kappa shape index (κ2) is 5.50. The fourth-order valence-electron chi connectivity index (χ4n) is 2.47. The van der Waals surface area contributed by atoms with Gasteiger partial charge in [-0.25, -0.2) is 4.98 Å². The number of pyridine rings is 1. The van der Waals surface area contributed by atoms with E-state index in [1.807, 2.05) is 13.8 Å². The standard InChI is InChI=1S/C12H17N3.C2H6/c1-15-6-4-9-7-10-3-2-5-13-12(10)14-11(9)8-15;1-2/h7H,2-6,8H2,1H3,(H,13,14);1-2H3. The molecule has 0 aliphatic carbocycles. The average molecular weight is 233 g/mol. The SMILES string of the molecule is CC.CN1CCc2cc3c(nc2C1)NCCC3. The zero-order chi connectivity index (χ0) is 12.3. The van der Waals surface area contributed by atoms with Crippen molar-refractivity contribution in [3.63, 3.8) is 0 Å². The molecule has 3 rings (SSSR count). The molecule has 1 aromatic heterocycles. The van der Waals surface area contributed by atoms with Gasteiger partial charge in [0.2, 0.25) is 0 Å². The second-order valence-corrected chi connectivity index (χ2v) is 4.62. The normalized spacial score (nSPS) is 18.3. The predicted octanol–water partition coefficient (Wildman–Crippen LogP) is 2.45. The molecule has 0 radical (unpaired) electrons. The van der Waals surface area contributed by atoms with Crippen LogP contribution in [0.4, 0.5) is 5.82 Å². The second-order valence-electron chi connectivity index (χ2n) is 4.62. The van der Waals surface area contributed by atoms with Gasteiger partial charge in [-0.2, -0.15) is 0 Å². The molecule has 3 heteroatoms. The van der Waals surface area contributed by atoms with Gasteiger partial charge in [0.25, 0.3) is 0 Å². The topological polar surface area (TPSA) is 28.2 Å². The summed E-state index contributed by atoms with van der Waals surface area (Å²) in [7, 11) is 2.16. The van der Waals surface area contributed by atoms with Gasteiger partial charge in [0, 0.05) is 19.6 Å². The van der Waals surface area contributed by atoms with Crippen LogP contribution >= 0.6 is 0 Å². The van der Waals surface area contributed by atoms with Gasteiger partial charge in [0.15, 0.2) is 0 Å². The first-order valence-corrected chi connectivity index (χ1v) is 6.77. The summed E-state index contributed by atoms with van der Waals surface area (Å²) in [5.74, 6) is 1.13. The Morgan fingerprint density at radius 3 is 2.88 bits per heavy atom. The van der Waals surface area contributed by atoms with Crippen molar-refractivity contribution in [1.82, 2.24) is 9.88 Å². The zero-order valence-electron chi connectivity index (χ0n) is 11.2. The Bertz CT molecular complexity index is 387. The first-order chi connectivity index (χ1) is 8.33. The van der Waals surface area contributed by atoms with Gasteiger partial charge in [-0.05, 0) is 37.4 Å². The summed E-state index contributed by atoms with van der Waals surface area (Å²) in [5, 5.41) is 3.40. The highest BCUT2D eigenvalue weighted by molar-refractivity contribution is 5.49. The van der Waals surface area contributed by atoms with E-state index in [0.717, 1.165) is 25.3 Å². The molecule has 0 atom stereocenters. The fraction of sp³-hybridized carbons (Fsp3) is 0.643. The largest absolute Gasteiger partial charge is 0.370 e. The first kappa shape index (κ1) is 12.4. The molecule has 0 aromatic carbocycles. The molecule has 3 nitrogen and oxygen atoms in total. The van der Waals surface area contributed by atoms with E-state index < -0.39 is 0 Å². The van der Waals surface area contributed by atoms with E-state index in [9.17, 15) is 0 Å². The average Bonchev–Trinajstić information content (AvgIpc) is 2.38. The maximum atomic E-state index is 4.75. The van der Waals surface area contributed by atoms with Gasteiger partial charge in [0.1, 0.15) is 5.82 Å². The number of rotatable bonds is 0. The molecule has 0 fully saturated rings. The van der Waals surface area contributed by atoms with Gasteiger partial charge in [0.05, 0.1) is 5.69 Å². The lowest BCUT2D eigenvalue weighted by atomic mass is 9.99. The van der Waals surface area contributed by atoms with Crippen molar-refractivity contribution in [2.75, 3.05) is 25.5 Å². The smallest absolute Gasteiger partial charge is 0.129 e. The fourth-order valence-corrected chi connectivity index (χ4v) is 2.47. The molecule has 2 aliphatic heterocycles. The highest BCUT2D eigenvalue weighted by atomic mass is 15.1. The molecule has 0 spiro atoms. The number of fused-ring (bicyclic) bond motifs is 2. The Kier molecular flexibility index (Phi) is 4.00. The van der Waals surface area contributed by atoms with Gasteiger partial charge in [-0.1, -0.05) is 19.9 Å². The number of aryl methyl sites for hydroxylation is 1. The molecule has 0 amide bonds. The van der Waals surface area contributed by atoms with Crippen LogP contribution in [0.2, 0.25) is 0 Å². The van der Waals surface area contributed by atoms with Crippen LogP contribution < -0.4 is 5.32 Å². The number of nitrogens with zero attached hydrogens (tertiary/aromatic N) is 2. The minimum absolute atomic E-state index is 1.00. The molecule has 3 heterocycles. The summed E-state index contributed by atoms with van der Waals surface area (Å²) >= 11 is 0. The third kappa shape index (κ3) is 2.60. The van der Waals surface area contributed by atoms with Crippen LogP contribution in [-0.2, 0) is 19.4 Å². The Morgan fingerprint density at radius 2 is 2.06 bits per heavy atom. The van der Waals surface area contributed by atoms with Crippen LogP contribution in [-0.4, -0.2) is 30.0 Å². The van der Waals surface area contributed by atoms with Crippen LogP contribution in [0.15, 0.2) is 6.07 Å². The summed E-state index contributed by atoms with van der Waals surface area (Å²) in [6, 6.07) is 2.37. The van der Waals surface area contributed by atoms with Crippen molar-refractivity contribution in [3.05, 3.63) is 22.9 Å². The van der Waals surface area contributed by atoms with Crippen molar-refractivity contribution < 1.29 is 0 Å². The molecule has 0 saturated heterocycles. The maximum absolute atomic E-state index is 4.75. The zero-order valence-corrected chi connectivity index (χ0v) is 11.2. The highest BCUT2D eigenvalue weighted by Gasteiger charge is 2.18. The van der Waals surface area contributed by atoms with Crippen LogP contribution in [0, 0.1) is 0 Å². The summed E-state index contributed by atoms with van der Waals surface area (Å²) in [5.41, 5.74) is 4.16. The number of hydrogen-bond acceptors (Lipinski definition) is 3. The number of aromatic nitrogens is 1. The van der Waals surface area contributed by atoms with Crippen molar-refractivity contribution >= 4 is 5.82 Å². The van der Waals surface area contributed by atoms with Crippen molar-refractivity contribution in [1.29, 1.82) is 0 Å². The van der Waals surface area contributed by atoms with Gasteiger partial charge in [-0.15, -0.1) is 0 Å². The monoisotopic (exact) mass is 233 g/mol.